The van der Waals surface area contributed by atoms with Crippen LogP contribution in [0.25, 0.3) is 0 Å². The highest BCUT2D eigenvalue weighted by Crippen LogP contribution is 2.38. The maximum absolute atomic E-state index is 4.72. The molecule has 1 saturated carbocycles. The number of fused-ring (bicyclic) bond motifs is 1. The van der Waals surface area contributed by atoms with Crippen molar-refractivity contribution in [3.8, 4) is 0 Å². The van der Waals surface area contributed by atoms with Gasteiger partial charge in [0.25, 0.3) is 0 Å². The molecule has 1 atom stereocenters. The van der Waals surface area contributed by atoms with Crippen molar-refractivity contribution in [1.82, 2.24) is 15.3 Å². The van der Waals surface area contributed by atoms with Gasteiger partial charge in [-0.3, -0.25) is 0 Å². The molecule has 0 amide bonds. The highest BCUT2D eigenvalue weighted by atomic mass is 15.0. The van der Waals surface area contributed by atoms with E-state index in [-0.39, 0.29) is 0 Å². The number of nitrogens with one attached hydrogen (secondary N) is 1. The van der Waals surface area contributed by atoms with E-state index in [1.165, 1.54) is 24.0 Å². The third-order valence-corrected chi connectivity index (χ3v) is 4.05. The Kier molecular flexibility index (Phi) is 2.59. The Hall–Kier alpha value is -1.74. The lowest BCUT2D eigenvalue weighted by Crippen LogP contribution is -2.22. The summed E-state index contributed by atoms with van der Waals surface area (Å²) in [4.78, 5) is 9.18. The Bertz CT molecular complexity index is 604. The van der Waals surface area contributed by atoms with Gasteiger partial charge >= 0.3 is 0 Å². The number of hydrogen-bond acceptors (Lipinski definition) is 3. The maximum Gasteiger partial charge on any atom is 0.136 e. The van der Waals surface area contributed by atoms with Gasteiger partial charge in [-0.2, -0.15) is 0 Å². The van der Waals surface area contributed by atoms with Crippen LogP contribution in [0.2, 0.25) is 0 Å². The molecule has 1 fully saturated rings. The fourth-order valence-corrected chi connectivity index (χ4v) is 2.70. The molecule has 1 heterocycles. The van der Waals surface area contributed by atoms with Crippen LogP contribution in [0.4, 0.5) is 0 Å². The van der Waals surface area contributed by atoms with Crippen LogP contribution in [-0.2, 0) is 13.0 Å². The van der Waals surface area contributed by atoms with Crippen molar-refractivity contribution >= 4 is 0 Å². The summed E-state index contributed by atoms with van der Waals surface area (Å²) in [7, 11) is 0. The van der Waals surface area contributed by atoms with Gasteiger partial charge < -0.3 is 5.32 Å². The number of nitrogens with zero attached hydrogens (tertiary/aromatic N) is 2. The predicted molar refractivity (Wildman–Crippen MR) is 73.9 cm³/mol. The van der Waals surface area contributed by atoms with Crippen molar-refractivity contribution in [3.05, 3.63) is 59.2 Å². The third kappa shape index (κ3) is 2.15. The first kappa shape index (κ1) is 11.1. The van der Waals surface area contributed by atoms with Crippen LogP contribution in [0, 0.1) is 0 Å². The van der Waals surface area contributed by atoms with Crippen molar-refractivity contribution in [2.24, 2.45) is 0 Å². The molecule has 2 aliphatic carbocycles. The van der Waals surface area contributed by atoms with E-state index in [4.69, 9.17) is 4.98 Å². The van der Waals surface area contributed by atoms with Gasteiger partial charge in [-0.25, -0.2) is 9.97 Å². The first-order valence-electron chi connectivity index (χ1n) is 7.03. The second-order valence-corrected chi connectivity index (χ2v) is 5.52. The average Bonchev–Trinajstić information content (AvgIpc) is 3.23. The van der Waals surface area contributed by atoms with E-state index in [0.717, 1.165) is 30.5 Å². The van der Waals surface area contributed by atoms with Gasteiger partial charge in [-0.15, -0.1) is 0 Å². The lowest BCUT2D eigenvalue weighted by molar-refractivity contribution is 0.631. The quantitative estimate of drug-likeness (QED) is 0.906. The van der Waals surface area contributed by atoms with Crippen molar-refractivity contribution in [1.29, 1.82) is 0 Å². The SMILES string of the molecule is c1ccc2c(c1)CC2c1nccc(CNC2CC2)n1. The van der Waals surface area contributed by atoms with Crippen LogP contribution in [-0.4, -0.2) is 16.0 Å². The van der Waals surface area contributed by atoms with Crippen LogP contribution in [0.5, 0.6) is 0 Å². The summed E-state index contributed by atoms with van der Waals surface area (Å²) < 4.78 is 0. The van der Waals surface area contributed by atoms with Crippen molar-refractivity contribution in [2.75, 3.05) is 0 Å². The minimum atomic E-state index is 0.400. The van der Waals surface area contributed by atoms with Crippen LogP contribution >= 0.6 is 0 Å². The van der Waals surface area contributed by atoms with E-state index in [9.17, 15) is 0 Å². The first-order valence-corrected chi connectivity index (χ1v) is 7.03. The summed E-state index contributed by atoms with van der Waals surface area (Å²) >= 11 is 0. The van der Waals surface area contributed by atoms with Crippen LogP contribution in [0.1, 0.15) is 41.4 Å². The van der Waals surface area contributed by atoms with Gasteiger partial charge in [0.15, 0.2) is 0 Å². The highest BCUT2D eigenvalue weighted by Gasteiger charge is 2.29. The Labute approximate surface area is 113 Å². The third-order valence-electron chi connectivity index (χ3n) is 4.05. The molecule has 2 aromatic rings. The van der Waals surface area contributed by atoms with Crippen LogP contribution < -0.4 is 5.32 Å². The number of hydrogen-bond donors (Lipinski definition) is 1. The second kappa shape index (κ2) is 4.42. The van der Waals surface area contributed by atoms with Gasteiger partial charge in [0.05, 0.1) is 5.69 Å². The molecule has 1 aromatic heterocycles. The molecule has 0 aliphatic heterocycles. The zero-order valence-electron chi connectivity index (χ0n) is 10.8. The minimum Gasteiger partial charge on any atom is -0.308 e. The number of benzene rings is 1. The molecule has 4 rings (SSSR count). The molecule has 3 nitrogen and oxygen atoms in total. The van der Waals surface area contributed by atoms with E-state index in [1.807, 2.05) is 12.3 Å². The lowest BCUT2D eigenvalue weighted by Gasteiger charge is -2.28. The van der Waals surface area contributed by atoms with Crippen molar-refractivity contribution in [3.63, 3.8) is 0 Å². The average molecular weight is 251 g/mol. The molecular weight excluding hydrogens is 234 g/mol. The minimum absolute atomic E-state index is 0.400. The Morgan fingerprint density at radius 3 is 2.89 bits per heavy atom. The van der Waals surface area contributed by atoms with E-state index < -0.39 is 0 Å². The smallest absolute Gasteiger partial charge is 0.136 e. The van der Waals surface area contributed by atoms with Gasteiger partial charge in [-0.05, 0) is 36.5 Å². The van der Waals surface area contributed by atoms with E-state index in [2.05, 4.69) is 34.6 Å². The molecule has 0 spiro atoms. The lowest BCUT2D eigenvalue weighted by atomic mass is 9.77. The van der Waals surface area contributed by atoms with E-state index >= 15 is 0 Å². The molecule has 1 unspecified atom stereocenters. The normalized spacial score (nSPS) is 20.7. The molecule has 1 aromatic carbocycles. The van der Waals surface area contributed by atoms with Gasteiger partial charge in [0.2, 0.25) is 0 Å². The van der Waals surface area contributed by atoms with Crippen LogP contribution in [0.15, 0.2) is 36.5 Å². The summed E-state index contributed by atoms with van der Waals surface area (Å²) in [6, 6.07) is 11.3. The summed E-state index contributed by atoms with van der Waals surface area (Å²) in [6.45, 7) is 0.870. The molecule has 1 N–H and O–H groups in total. The molecule has 0 saturated heterocycles. The van der Waals surface area contributed by atoms with Crippen molar-refractivity contribution < 1.29 is 0 Å². The summed E-state index contributed by atoms with van der Waals surface area (Å²) in [6.07, 6.45) is 5.60. The zero-order valence-corrected chi connectivity index (χ0v) is 10.8. The van der Waals surface area contributed by atoms with Crippen LogP contribution in [0.3, 0.4) is 0 Å². The van der Waals surface area contributed by atoms with Crippen molar-refractivity contribution in [2.45, 2.75) is 37.8 Å². The molecule has 2 aliphatic rings. The monoisotopic (exact) mass is 251 g/mol. The Morgan fingerprint density at radius 1 is 1.16 bits per heavy atom. The zero-order chi connectivity index (χ0) is 12.7. The van der Waals surface area contributed by atoms with Gasteiger partial charge in [0, 0.05) is 24.7 Å². The number of rotatable bonds is 4. The standard InChI is InChI=1S/C16H17N3/c1-2-4-14-11(3-1)9-15(14)16-17-8-7-13(19-16)10-18-12-5-6-12/h1-4,7-8,12,15,18H,5-6,9-10H2. The first-order chi connectivity index (χ1) is 9.40. The molecule has 0 radical (unpaired) electrons. The molecule has 3 heteroatoms. The number of aromatic nitrogens is 2. The molecule has 0 bridgehead atoms. The van der Waals surface area contributed by atoms with E-state index in [1.54, 1.807) is 0 Å². The Morgan fingerprint density at radius 2 is 2.05 bits per heavy atom. The second-order valence-electron chi connectivity index (χ2n) is 5.52. The topological polar surface area (TPSA) is 37.8 Å². The molecular formula is C16H17N3. The fraction of sp³-hybridized carbons (Fsp3) is 0.375. The maximum atomic E-state index is 4.72. The fourth-order valence-electron chi connectivity index (χ4n) is 2.70. The Balaban J connectivity index is 1.54. The summed E-state index contributed by atoms with van der Waals surface area (Å²) in [5.41, 5.74) is 3.95. The van der Waals surface area contributed by atoms with Gasteiger partial charge in [0.1, 0.15) is 5.82 Å². The van der Waals surface area contributed by atoms with Gasteiger partial charge in [-0.1, -0.05) is 24.3 Å². The van der Waals surface area contributed by atoms with E-state index in [0.29, 0.717) is 5.92 Å². The molecule has 96 valence electrons. The predicted octanol–water partition coefficient (Wildman–Crippen LogP) is 2.42. The summed E-state index contributed by atoms with van der Waals surface area (Å²) in [5, 5.41) is 3.50. The summed E-state index contributed by atoms with van der Waals surface area (Å²) in [5.74, 6) is 1.38. The largest absolute Gasteiger partial charge is 0.308 e. The molecule has 19 heavy (non-hydrogen) atoms. The highest BCUT2D eigenvalue weighted by molar-refractivity contribution is 5.43.